The van der Waals surface area contributed by atoms with Gasteiger partial charge in [-0.1, -0.05) is 46.9 Å². The molecule has 3 aromatic rings. The lowest BCUT2D eigenvalue weighted by Gasteiger charge is -2.28. The van der Waals surface area contributed by atoms with Gasteiger partial charge in [-0.25, -0.2) is 4.98 Å². The van der Waals surface area contributed by atoms with Crippen molar-refractivity contribution in [2.24, 2.45) is 0 Å². The van der Waals surface area contributed by atoms with Gasteiger partial charge in [-0.15, -0.1) is 0 Å². The van der Waals surface area contributed by atoms with Crippen molar-refractivity contribution in [2.45, 2.75) is 37.9 Å². The number of benzene rings is 2. The summed E-state index contributed by atoms with van der Waals surface area (Å²) in [6, 6.07) is 13.2. The second kappa shape index (κ2) is 10.3. The smallest absolute Gasteiger partial charge is 0.187 e. The third-order valence-corrected chi connectivity index (χ3v) is 6.03. The van der Waals surface area contributed by atoms with E-state index in [1.54, 1.807) is 24.7 Å². The number of imidazole rings is 1. The Morgan fingerprint density at radius 1 is 1.10 bits per heavy atom. The van der Waals surface area contributed by atoms with Gasteiger partial charge in [0.15, 0.2) is 5.79 Å². The topological polar surface area (TPSA) is 45.5 Å². The predicted octanol–water partition coefficient (Wildman–Crippen LogP) is 5.80. The lowest BCUT2D eigenvalue weighted by molar-refractivity contribution is -0.187. The van der Waals surface area contributed by atoms with Gasteiger partial charge in [0, 0.05) is 33.9 Å². The van der Waals surface area contributed by atoms with E-state index in [0.29, 0.717) is 42.8 Å². The minimum atomic E-state index is -0.748. The zero-order chi connectivity index (χ0) is 21.7. The number of halogens is 3. The van der Waals surface area contributed by atoms with Crippen LogP contribution < -0.4 is 0 Å². The van der Waals surface area contributed by atoms with Gasteiger partial charge in [-0.05, 0) is 47.9 Å². The molecule has 2 atom stereocenters. The summed E-state index contributed by atoms with van der Waals surface area (Å²) in [5, 5.41) is 1.98. The average molecular weight is 482 g/mol. The molecule has 31 heavy (non-hydrogen) atoms. The normalized spacial score (nSPS) is 20.9. The summed E-state index contributed by atoms with van der Waals surface area (Å²) in [5.74, 6) is -0.748. The summed E-state index contributed by atoms with van der Waals surface area (Å²) >= 11 is 18.3. The molecule has 2 aromatic carbocycles. The van der Waals surface area contributed by atoms with Crippen LogP contribution in [0.25, 0.3) is 0 Å². The van der Waals surface area contributed by atoms with Crippen molar-refractivity contribution in [3.8, 4) is 0 Å². The van der Waals surface area contributed by atoms with Crippen LogP contribution in [0.15, 0.2) is 61.2 Å². The second-order valence-corrected chi connectivity index (χ2v) is 8.85. The van der Waals surface area contributed by atoms with Crippen molar-refractivity contribution in [1.29, 1.82) is 0 Å². The van der Waals surface area contributed by atoms with Crippen LogP contribution in [0.1, 0.15) is 17.5 Å². The van der Waals surface area contributed by atoms with Crippen LogP contribution in [0.5, 0.6) is 0 Å². The highest BCUT2D eigenvalue weighted by atomic mass is 35.5. The molecule has 1 aliphatic heterocycles. The molecule has 0 N–H and O–H groups in total. The van der Waals surface area contributed by atoms with Gasteiger partial charge in [-0.3, -0.25) is 0 Å². The fourth-order valence-electron chi connectivity index (χ4n) is 3.59. The first-order valence-corrected chi connectivity index (χ1v) is 11.2. The van der Waals surface area contributed by atoms with E-state index in [1.807, 2.05) is 41.1 Å². The molecule has 0 aliphatic carbocycles. The lowest BCUT2D eigenvalue weighted by Crippen LogP contribution is -2.37. The summed E-state index contributed by atoms with van der Waals surface area (Å²) in [7, 11) is 0. The Morgan fingerprint density at radius 2 is 1.90 bits per heavy atom. The van der Waals surface area contributed by atoms with Crippen molar-refractivity contribution in [2.75, 3.05) is 13.2 Å². The molecule has 2 unspecified atom stereocenters. The highest BCUT2D eigenvalue weighted by Gasteiger charge is 2.41. The van der Waals surface area contributed by atoms with E-state index in [9.17, 15) is 0 Å². The number of hydrogen-bond donors (Lipinski definition) is 0. The number of rotatable bonds is 9. The van der Waals surface area contributed by atoms with Gasteiger partial charge in [-0.2, -0.15) is 0 Å². The molecule has 0 bridgehead atoms. The van der Waals surface area contributed by atoms with Crippen molar-refractivity contribution >= 4 is 34.8 Å². The third kappa shape index (κ3) is 6.22. The number of aryl methyl sites for hydroxylation is 1. The zero-order valence-corrected chi connectivity index (χ0v) is 19.1. The molecule has 164 valence electrons. The summed E-state index contributed by atoms with van der Waals surface area (Å²) in [6.45, 7) is 1.77. The monoisotopic (exact) mass is 480 g/mol. The van der Waals surface area contributed by atoms with Gasteiger partial charge in [0.1, 0.15) is 6.10 Å². The van der Waals surface area contributed by atoms with Crippen LogP contribution >= 0.6 is 34.8 Å². The quantitative estimate of drug-likeness (QED) is 0.387. The maximum absolute atomic E-state index is 6.38. The summed E-state index contributed by atoms with van der Waals surface area (Å²) in [4.78, 5) is 4.13. The molecular weight excluding hydrogens is 459 g/mol. The Morgan fingerprint density at radius 3 is 2.68 bits per heavy atom. The van der Waals surface area contributed by atoms with Gasteiger partial charge < -0.3 is 18.8 Å². The van der Waals surface area contributed by atoms with E-state index in [2.05, 4.69) is 4.98 Å². The van der Waals surface area contributed by atoms with Crippen molar-refractivity contribution in [1.82, 2.24) is 9.55 Å². The Balaban J connectivity index is 1.36. The fourth-order valence-corrected chi connectivity index (χ4v) is 4.08. The molecule has 1 aliphatic rings. The Labute approximate surface area is 196 Å². The molecule has 1 fully saturated rings. The zero-order valence-electron chi connectivity index (χ0n) is 16.8. The maximum atomic E-state index is 6.38. The third-order valence-electron chi connectivity index (χ3n) is 5.17. The Hall–Kier alpha value is -1.60. The SMILES string of the molecule is Clc1ccc(CCC2(Cn3ccnc3)OCC(COCc3cc(Cl)ccc3Cl)O2)cc1. The lowest BCUT2D eigenvalue weighted by atomic mass is 10.0. The molecule has 4 rings (SSSR count). The summed E-state index contributed by atoms with van der Waals surface area (Å²) < 4.78 is 20.4. The fraction of sp³-hybridized carbons (Fsp3) is 0.348. The van der Waals surface area contributed by atoms with E-state index in [1.165, 1.54) is 5.56 Å². The largest absolute Gasteiger partial charge is 0.374 e. The van der Waals surface area contributed by atoms with Crippen molar-refractivity contribution in [3.63, 3.8) is 0 Å². The van der Waals surface area contributed by atoms with E-state index in [4.69, 9.17) is 49.0 Å². The van der Waals surface area contributed by atoms with Crippen LogP contribution in [0.2, 0.25) is 15.1 Å². The van der Waals surface area contributed by atoms with Crippen LogP contribution in [0.3, 0.4) is 0 Å². The molecule has 0 saturated carbocycles. The molecule has 1 saturated heterocycles. The Bertz CT molecular complexity index is 982. The number of ether oxygens (including phenoxy) is 3. The van der Waals surface area contributed by atoms with Gasteiger partial charge in [0.05, 0.1) is 32.7 Å². The molecule has 5 nitrogen and oxygen atoms in total. The standard InChI is InChI=1S/C23H23Cl3N2O3/c24-19-3-1-17(2-4-19)7-8-23(15-28-10-9-27-16-28)30-14-21(31-23)13-29-12-18-11-20(25)5-6-22(18)26/h1-6,9-11,16,21H,7-8,12-15H2. The predicted molar refractivity (Wildman–Crippen MR) is 122 cm³/mol. The minimum absolute atomic E-state index is 0.174. The number of hydrogen-bond acceptors (Lipinski definition) is 4. The molecule has 0 spiro atoms. The van der Waals surface area contributed by atoms with Gasteiger partial charge >= 0.3 is 0 Å². The number of aromatic nitrogens is 2. The molecule has 1 aromatic heterocycles. The molecule has 0 radical (unpaired) electrons. The minimum Gasteiger partial charge on any atom is -0.374 e. The van der Waals surface area contributed by atoms with Crippen LogP contribution in [0.4, 0.5) is 0 Å². The molecule has 0 amide bonds. The first-order chi connectivity index (χ1) is 15.0. The van der Waals surface area contributed by atoms with Crippen LogP contribution in [-0.4, -0.2) is 34.7 Å². The summed E-state index contributed by atoms with van der Waals surface area (Å²) in [5.41, 5.74) is 2.03. The second-order valence-electron chi connectivity index (χ2n) is 7.57. The Kier molecular flexibility index (Phi) is 7.54. The van der Waals surface area contributed by atoms with Crippen LogP contribution in [0, 0.1) is 0 Å². The number of nitrogens with zero attached hydrogens (tertiary/aromatic N) is 2. The summed E-state index contributed by atoms with van der Waals surface area (Å²) in [6.07, 6.45) is 6.74. The molecule has 8 heteroatoms. The van der Waals surface area contributed by atoms with Crippen molar-refractivity contribution < 1.29 is 14.2 Å². The molecule has 2 heterocycles. The average Bonchev–Trinajstić information content (AvgIpc) is 3.41. The molecular formula is C23H23Cl3N2O3. The first kappa shape index (κ1) is 22.6. The maximum Gasteiger partial charge on any atom is 0.187 e. The van der Waals surface area contributed by atoms with Crippen molar-refractivity contribution in [3.05, 3.63) is 87.4 Å². The first-order valence-electron chi connectivity index (χ1n) is 10.0. The van der Waals surface area contributed by atoms with E-state index in [-0.39, 0.29) is 6.10 Å². The van der Waals surface area contributed by atoms with Gasteiger partial charge in [0.25, 0.3) is 0 Å². The van der Waals surface area contributed by atoms with E-state index in [0.717, 1.165) is 17.0 Å². The van der Waals surface area contributed by atoms with Crippen LogP contribution in [-0.2, 0) is 33.8 Å². The van der Waals surface area contributed by atoms with Gasteiger partial charge in [0.2, 0.25) is 0 Å². The van der Waals surface area contributed by atoms with E-state index >= 15 is 0 Å². The van der Waals surface area contributed by atoms with E-state index < -0.39 is 5.79 Å². The highest BCUT2D eigenvalue weighted by molar-refractivity contribution is 6.33. The highest BCUT2D eigenvalue weighted by Crippen LogP contribution is 2.31.